The van der Waals surface area contributed by atoms with E-state index in [1.54, 1.807) is 6.07 Å². The third-order valence-electron chi connectivity index (χ3n) is 5.75. The average molecular weight is 372 g/mol. The standard InChI is InChI=1S/C24H30F2O/c1-3-5-17-6-8-18(9-7-17)19-10-12-20(13-11-19)21-14-15-22(27-16-4-2)24(26)23(21)25/h10-15,17-18H,3-9,16H2,1-2H3. The first kappa shape index (κ1) is 19.9. The number of ether oxygens (including phenoxy) is 1. The Hall–Kier alpha value is -1.90. The molecule has 1 nitrogen and oxygen atoms in total. The summed E-state index contributed by atoms with van der Waals surface area (Å²) in [6.07, 6.45) is 8.44. The molecule has 27 heavy (non-hydrogen) atoms. The van der Waals surface area contributed by atoms with Crippen molar-refractivity contribution in [3.63, 3.8) is 0 Å². The molecule has 0 amide bonds. The zero-order chi connectivity index (χ0) is 19.2. The predicted octanol–water partition coefficient (Wildman–Crippen LogP) is 7.49. The molecule has 3 heteroatoms. The molecule has 1 fully saturated rings. The molecule has 0 heterocycles. The summed E-state index contributed by atoms with van der Waals surface area (Å²) in [7, 11) is 0. The molecule has 1 aliphatic carbocycles. The van der Waals surface area contributed by atoms with Crippen LogP contribution in [0.5, 0.6) is 5.75 Å². The van der Waals surface area contributed by atoms with Gasteiger partial charge in [0.2, 0.25) is 5.82 Å². The summed E-state index contributed by atoms with van der Waals surface area (Å²) in [4.78, 5) is 0. The summed E-state index contributed by atoms with van der Waals surface area (Å²) in [6.45, 7) is 4.57. The van der Waals surface area contributed by atoms with Crippen LogP contribution in [0.2, 0.25) is 0 Å². The first-order valence-electron chi connectivity index (χ1n) is 10.3. The van der Waals surface area contributed by atoms with Crippen molar-refractivity contribution in [3.8, 4) is 16.9 Å². The van der Waals surface area contributed by atoms with E-state index in [0.717, 1.165) is 12.3 Å². The lowest BCUT2D eigenvalue weighted by molar-refractivity contribution is 0.295. The third-order valence-corrected chi connectivity index (χ3v) is 5.75. The minimum atomic E-state index is -0.903. The molecule has 0 bridgehead atoms. The summed E-state index contributed by atoms with van der Waals surface area (Å²) in [5.41, 5.74) is 2.31. The summed E-state index contributed by atoms with van der Waals surface area (Å²) in [6, 6.07) is 11.1. The maximum absolute atomic E-state index is 14.5. The van der Waals surface area contributed by atoms with Gasteiger partial charge in [-0.1, -0.05) is 51.0 Å². The lowest BCUT2D eigenvalue weighted by Gasteiger charge is -2.28. The minimum absolute atomic E-state index is 0.0152. The van der Waals surface area contributed by atoms with Crippen LogP contribution in [0.3, 0.4) is 0 Å². The van der Waals surface area contributed by atoms with E-state index >= 15 is 0 Å². The highest BCUT2D eigenvalue weighted by atomic mass is 19.2. The van der Waals surface area contributed by atoms with Crippen LogP contribution in [0.25, 0.3) is 11.1 Å². The molecule has 0 aliphatic heterocycles. The molecule has 3 rings (SSSR count). The van der Waals surface area contributed by atoms with Gasteiger partial charge in [0.1, 0.15) is 0 Å². The van der Waals surface area contributed by atoms with Crippen LogP contribution < -0.4 is 4.74 Å². The molecular formula is C24H30F2O. The van der Waals surface area contributed by atoms with E-state index in [2.05, 4.69) is 19.1 Å². The predicted molar refractivity (Wildman–Crippen MR) is 107 cm³/mol. The quantitative estimate of drug-likeness (QED) is 0.489. The van der Waals surface area contributed by atoms with Crippen molar-refractivity contribution >= 4 is 0 Å². The molecule has 0 unspecified atom stereocenters. The van der Waals surface area contributed by atoms with Gasteiger partial charge in [0.25, 0.3) is 0 Å². The second kappa shape index (κ2) is 9.34. The lowest BCUT2D eigenvalue weighted by atomic mass is 9.77. The fourth-order valence-corrected chi connectivity index (χ4v) is 4.21. The number of hydrogen-bond acceptors (Lipinski definition) is 1. The lowest BCUT2D eigenvalue weighted by Crippen LogP contribution is -2.13. The summed E-state index contributed by atoms with van der Waals surface area (Å²) < 4.78 is 34.0. The molecule has 2 aromatic carbocycles. The van der Waals surface area contributed by atoms with Crippen LogP contribution in [0.1, 0.15) is 70.3 Å². The maximum Gasteiger partial charge on any atom is 0.201 e. The topological polar surface area (TPSA) is 9.23 Å². The maximum atomic E-state index is 14.5. The van der Waals surface area contributed by atoms with Crippen molar-refractivity contribution in [1.29, 1.82) is 0 Å². The number of hydrogen-bond donors (Lipinski definition) is 0. The molecule has 0 atom stereocenters. The highest BCUT2D eigenvalue weighted by Crippen LogP contribution is 2.38. The van der Waals surface area contributed by atoms with Crippen molar-refractivity contribution in [2.24, 2.45) is 5.92 Å². The largest absolute Gasteiger partial charge is 0.490 e. The van der Waals surface area contributed by atoms with Gasteiger partial charge in [0, 0.05) is 5.56 Å². The molecule has 146 valence electrons. The van der Waals surface area contributed by atoms with E-state index in [1.165, 1.54) is 50.2 Å². The second-order valence-corrected chi connectivity index (χ2v) is 7.72. The number of benzene rings is 2. The van der Waals surface area contributed by atoms with Crippen LogP contribution in [0.4, 0.5) is 8.78 Å². The van der Waals surface area contributed by atoms with E-state index in [9.17, 15) is 8.78 Å². The minimum Gasteiger partial charge on any atom is -0.490 e. The van der Waals surface area contributed by atoms with Gasteiger partial charge in [0.15, 0.2) is 11.6 Å². The zero-order valence-electron chi connectivity index (χ0n) is 16.4. The van der Waals surface area contributed by atoms with Crippen LogP contribution >= 0.6 is 0 Å². The van der Waals surface area contributed by atoms with E-state index in [0.29, 0.717) is 18.1 Å². The normalized spacial score (nSPS) is 19.9. The van der Waals surface area contributed by atoms with Crippen molar-refractivity contribution in [3.05, 3.63) is 53.6 Å². The Balaban J connectivity index is 1.71. The molecule has 0 aromatic heterocycles. The highest BCUT2D eigenvalue weighted by molar-refractivity contribution is 5.65. The van der Waals surface area contributed by atoms with Gasteiger partial charge >= 0.3 is 0 Å². The Bertz CT molecular complexity index is 731. The smallest absolute Gasteiger partial charge is 0.201 e. The second-order valence-electron chi connectivity index (χ2n) is 7.72. The van der Waals surface area contributed by atoms with Crippen LogP contribution in [0.15, 0.2) is 36.4 Å². The summed E-state index contributed by atoms with van der Waals surface area (Å²) in [5, 5.41) is 0. The van der Waals surface area contributed by atoms with Crippen molar-refractivity contribution in [1.82, 2.24) is 0 Å². The van der Waals surface area contributed by atoms with Gasteiger partial charge in [0.05, 0.1) is 6.61 Å². The molecule has 2 aromatic rings. The molecule has 0 spiro atoms. The molecule has 0 radical (unpaired) electrons. The molecular weight excluding hydrogens is 342 g/mol. The summed E-state index contributed by atoms with van der Waals surface area (Å²) >= 11 is 0. The zero-order valence-corrected chi connectivity index (χ0v) is 16.4. The van der Waals surface area contributed by atoms with Gasteiger partial charge in [-0.05, 0) is 67.2 Å². The van der Waals surface area contributed by atoms with E-state index < -0.39 is 11.6 Å². The van der Waals surface area contributed by atoms with Gasteiger partial charge in [-0.25, -0.2) is 4.39 Å². The Kier molecular flexibility index (Phi) is 6.87. The summed E-state index contributed by atoms with van der Waals surface area (Å²) in [5.74, 6) is -0.274. The van der Waals surface area contributed by atoms with Crippen molar-refractivity contribution < 1.29 is 13.5 Å². The Labute approximate surface area is 161 Å². The molecule has 0 saturated heterocycles. The van der Waals surface area contributed by atoms with Crippen LogP contribution in [-0.4, -0.2) is 6.61 Å². The Morgan fingerprint density at radius 3 is 2.19 bits per heavy atom. The first-order valence-corrected chi connectivity index (χ1v) is 10.3. The van der Waals surface area contributed by atoms with E-state index in [-0.39, 0.29) is 11.3 Å². The van der Waals surface area contributed by atoms with Gasteiger partial charge in [-0.15, -0.1) is 0 Å². The van der Waals surface area contributed by atoms with Crippen LogP contribution in [-0.2, 0) is 0 Å². The fraction of sp³-hybridized carbons (Fsp3) is 0.500. The number of rotatable bonds is 7. The molecule has 0 N–H and O–H groups in total. The molecule has 1 aliphatic rings. The first-order chi connectivity index (χ1) is 13.1. The van der Waals surface area contributed by atoms with E-state index in [1.807, 2.05) is 19.1 Å². The fourth-order valence-electron chi connectivity index (χ4n) is 4.21. The van der Waals surface area contributed by atoms with Crippen molar-refractivity contribution in [2.75, 3.05) is 6.61 Å². The van der Waals surface area contributed by atoms with E-state index in [4.69, 9.17) is 4.74 Å². The molecule has 1 saturated carbocycles. The van der Waals surface area contributed by atoms with Gasteiger partial charge in [-0.2, -0.15) is 4.39 Å². The highest BCUT2D eigenvalue weighted by Gasteiger charge is 2.22. The van der Waals surface area contributed by atoms with Crippen molar-refractivity contribution in [2.45, 2.75) is 64.7 Å². The van der Waals surface area contributed by atoms with Crippen LogP contribution in [0, 0.1) is 17.6 Å². The SMILES string of the molecule is CCCOc1ccc(-c2ccc(C3CCC(CCC)CC3)cc2)c(F)c1F. The Morgan fingerprint density at radius 1 is 0.852 bits per heavy atom. The van der Waals surface area contributed by atoms with Gasteiger partial charge in [-0.3, -0.25) is 0 Å². The Morgan fingerprint density at radius 2 is 1.56 bits per heavy atom. The third kappa shape index (κ3) is 4.69. The average Bonchev–Trinajstić information content (AvgIpc) is 2.70. The monoisotopic (exact) mass is 372 g/mol. The number of halogens is 2. The van der Waals surface area contributed by atoms with Gasteiger partial charge < -0.3 is 4.74 Å².